The van der Waals surface area contributed by atoms with Gasteiger partial charge in [-0.15, -0.1) is 0 Å². The van der Waals surface area contributed by atoms with Crippen molar-refractivity contribution in [3.63, 3.8) is 0 Å². The summed E-state index contributed by atoms with van der Waals surface area (Å²) in [6.07, 6.45) is 3.53. The molecule has 2 aliphatic carbocycles. The summed E-state index contributed by atoms with van der Waals surface area (Å²) in [6, 6.07) is 0.862. The molecule has 0 atom stereocenters. The second-order valence-corrected chi connectivity index (χ2v) is 6.73. The molecule has 2 saturated carbocycles. The smallest absolute Gasteiger partial charge is 0.407 e. The highest BCUT2D eigenvalue weighted by Crippen LogP contribution is 2.21. The molecule has 0 unspecified atom stereocenters. The van der Waals surface area contributed by atoms with Crippen LogP contribution in [0.3, 0.4) is 0 Å². The molecule has 2 aliphatic rings. The van der Waals surface area contributed by atoms with Gasteiger partial charge in [-0.1, -0.05) is 0 Å². The zero-order chi connectivity index (χ0) is 14.8. The Hall–Kier alpha value is -1.30. The minimum atomic E-state index is -0.466. The molecule has 6 nitrogen and oxygen atoms in total. The molecule has 2 fully saturated rings. The molecule has 2 rings (SSSR count). The fourth-order valence-electron chi connectivity index (χ4n) is 2.12. The van der Waals surface area contributed by atoms with Gasteiger partial charge in [0.2, 0.25) is 5.91 Å². The number of ether oxygens (including phenoxy) is 1. The number of carbonyl (C=O) groups excluding carboxylic acids is 2. The fourth-order valence-corrected chi connectivity index (χ4v) is 2.12. The van der Waals surface area contributed by atoms with Gasteiger partial charge in [-0.25, -0.2) is 4.79 Å². The Morgan fingerprint density at radius 2 is 1.70 bits per heavy atom. The van der Waals surface area contributed by atoms with Crippen LogP contribution in [0.2, 0.25) is 0 Å². The van der Waals surface area contributed by atoms with Crippen LogP contribution in [-0.4, -0.2) is 42.3 Å². The van der Waals surface area contributed by atoms with Crippen LogP contribution < -0.4 is 16.0 Å². The third-order valence-corrected chi connectivity index (χ3v) is 3.35. The molecule has 0 spiro atoms. The van der Waals surface area contributed by atoms with E-state index in [4.69, 9.17) is 4.74 Å². The molecule has 0 aliphatic heterocycles. The summed E-state index contributed by atoms with van der Waals surface area (Å²) in [6.45, 7) is 5.89. The Morgan fingerprint density at radius 3 is 2.25 bits per heavy atom. The van der Waals surface area contributed by atoms with Crippen molar-refractivity contribution in [3.8, 4) is 0 Å². The van der Waals surface area contributed by atoms with Gasteiger partial charge >= 0.3 is 6.09 Å². The first kappa shape index (κ1) is 15.1. The molecule has 0 heterocycles. The van der Waals surface area contributed by atoms with Crippen molar-refractivity contribution in [1.82, 2.24) is 16.0 Å². The van der Waals surface area contributed by atoms with Crippen LogP contribution >= 0.6 is 0 Å². The average Bonchev–Trinajstić information content (AvgIpc) is 3.02. The van der Waals surface area contributed by atoms with Crippen molar-refractivity contribution in [2.45, 2.75) is 70.2 Å². The van der Waals surface area contributed by atoms with E-state index in [1.807, 2.05) is 20.8 Å². The highest BCUT2D eigenvalue weighted by molar-refractivity contribution is 5.78. The van der Waals surface area contributed by atoms with Crippen molar-refractivity contribution >= 4 is 12.0 Å². The van der Waals surface area contributed by atoms with Crippen molar-refractivity contribution in [2.75, 3.05) is 6.54 Å². The van der Waals surface area contributed by atoms with E-state index in [-0.39, 0.29) is 18.0 Å². The molecule has 0 aromatic heterocycles. The van der Waals surface area contributed by atoms with Gasteiger partial charge in [0.15, 0.2) is 0 Å². The van der Waals surface area contributed by atoms with Crippen molar-refractivity contribution in [2.24, 2.45) is 0 Å². The number of hydrogen-bond donors (Lipinski definition) is 3. The van der Waals surface area contributed by atoms with Crippen LogP contribution in [0, 0.1) is 0 Å². The van der Waals surface area contributed by atoms with Crippen LogP contribution in [0.25, 0.3) is 0 Å². The molecule has 114 valence electrons. The Balaban J connectivity index is 1.53. The number of rotatable bonds is 5. The molecular formula is C14H25N3O3. The summed E-state index contributed by atoms with van der Waals surface area (Å²) in [5.74, 6) is 0.0658. The molecular weight excluding hydrogens is 258 g/mol. The summed E-state index contributed by atoms with van der Waals surface area (Å²) in [5, 5.41) is 8.97. The Morgan fingerprint density at radius 1 is 1.05 bits per heavy atom. The van der Waals surface area contributed by atoms with E-state index < -0.39 is 5.60 Å². The summed E-state index contributed by atoms with van der Waals surface area (Å²) >= 11 is 0. The largest absolute Gasteiger partial charge is 0.444 e. The molecule has 0 aromatic rings. The molecule has 6 heteroatoms. The quantitative estimate of drug-likeness (QED) is 0.701. The van der Waals surface area contributed by atoms with Crippen molar-refractivity contribution in [1.29, 1.82) is 0 Å². The standard InChI is InChI=1S/C14H25N3O3/c1-14(2,3)20-13(19)17-11-6-10(7-11)15-8-12(18)16-9-4-5-9/h9-11,15H,4-8H2,1-3H3,(H,16,18)(H,17,19). The molecule has 2 amide bonds. The lowest BCUT2D eigenvalue weighted by Crippen LogP contribution is -2.54. The van der Waals surface area contributed by atoms with Gasteiger partial charge in [-0.2, -0.15) is 0 Å². The number of amides is 2. The molecule has 0 aromatic carbocycles. The topological polar surface area (TPSA) is 79.5 Å². The predicted molar refractivity (Wildman–Crippen MR) is 75.3 cm³/mol. The second-order valence-electron chi connectivity index (χ2n) is 6.73. The second kappa shape index (κ2) is 5.99. The zero-order valence-electron chi connectivity index (χ0n) is 12.5. The minimum Gasteiger partial charge on any atom is -0.444 e. The maximum atomic E-state index is 11.5. The number of carbonyl (C=O) groups is 2. The zero-order valence-corrected chi connectivity index (χ0v) is 12.5. The lowest BCUT2D eigenvalue weighted by Gasteiger charge is -2.36. The SMILES string of the molecule is CC(C)(C)OC(=O)NC1CC(NCC(=O)NC2CC2)C1. The molecule has 0 saturated heterocycles. The monoisotopic (exact) mass is 283 g/mol. The predicted octanol–water partition coefficient (Wildman–Crippen LogP) is 0.910. The summed E-state index contributed by atoms with van der Waals surface area (Å²) in [4.78, 5) is 23.0. The molecule has 0 bridgehead atoms. The van der Waals surface area contributed by atoms with E-state index >= 15 is 0 Å². The minimum absolute atomic E-state index is 0.0658. The molecule has 20 heavy (non-hydrogen) atoms. The van der Waals surface area contributed by atoms with E-state index in [9.17, 15) is 9.59 Å². The Kier molecular flexibility index (Phi) is 4.52. The van der Waals surface area contributed by atoms with Gasteiger partial charge in [0, 0.05) is 18.1 Å². The van der Waals surface area contributed by atoms with Gasteiger partial charge in [0.05, 0.1) is 6.54 Å². The number of alkyl carbamates (subject to hydrolysis) is 1. The summed E-state index contributed by atoms with van der Waals surface area (Å²) in [5.41, 5.74) is -0.466. The summed E-state index contributed by atoms with van der Waals surface area (Å²) in [7, 11) is 0. The van der Waals surface area contributed by atoms with E-state index in [2.05, 4.69) is 16.0 Å². The maximum absolute atomic E-state index is 11.5. The Labute approximate surface area is 120 Å². The van der Waals surface area contributed by atoms with Crippen LogP contribution in [0.1, 0.15) is 46.5 Å². The van der Waals surface area contributed by atoms with Crippen molar-refractivity contribution < 1.29 is 14.3 Å². The lowest BCUT2D eigenvalue weighted by atomic mass is 9.87. The highest BCUT2D eigenvalue weighted by Gasteiger charge is 2.32. The third kappa shape index (κ3) is 5.36. The van der Waals surface area contributed by atoms with E-state index in [0.29, 0.717) is 18.6 Å². The van der Waals surface area contributed by atoms with Crippen molar-refractivity contribution in [3.05, 3.63) is 0 Å². The van der Waals surface area contributed by atoms with Gasteiger partial charge in [-0.3, -0.25) is 4.79 Å². The molecule has 0 radical (unpaired) electrons. The van der Waals surface area contributed by atoms with Gasteiger partial charge in [0.25, 0.3) is 0 Å². The van der Waals surface area contributed by atoms with Gasteiger partial charge < -0.3 is 20.7 Å². The molecule has 3 N–H and O–H groups in total. The van der Waals surface area contributed by atoms with Gasteiger partial charge in [-0.05, 0) is 46.5 Å². The normalized spacial score (nSPS) is 25.6. The first-order valence-electron chi connectivity index (χ1n) is 7.34. The lowest BCUT2D eigenvalue weighted by molar-refractivity contribution is -0.120. The van der Waals surface area contributed by atoms with E-state index in [1.165, 1.54) is 0 Å². The van der Waals surface area contributed by atoms with E-state index in [1.54, 1.807) is 0 Å². The fraction of sp³-hybridized carbons (Fsp3) is 0.857. The average molecular weight is 283 g/mol. The van der Waals surface area contributed by atoms with Crippen LogP contribution in [-0.2, 0) is 9.53 Å². The van der Waals surface area contributed by atoms with Gasteiger partial charge in [0.1, 0.15) is 5.60 Å². The number of nitrogens with one attached hydrogen (secondary N) is 3. The first-order valence-corrected chi connectivity index (χ1v) is 7.34. The maximum Gasteiger partial charge on any atom is 0.407 e. The Bertz CT molecular complexity index is 368. The number of hydrogen-bond acceptors (Lipinski definition) is 4. The first-order chi connectivity index (χ1) is 9.32. The van der Waals surface area contributed by atoms with Crippen LogP contribution in [0.5, 0.6) is 0 Å². The van der Waals surface area contributed by atoms with Crippen LogP contribution in [0.15, 0.2) is 0 Å². The third-order valence-electron chi connectivity index (χ3n) is 3.35. The van der Waals surface area contributed by atoms with Crippen LogP contribution in [0.4, 0.5) is 4.79 Å². The highest BCUT2D eigenvalue weighted by atomic mass is 16.6. The van der Waals surface area contributed by atoms with E-state index in [0.717, 1.165) is 25.7 Å². The summed E-state index contributed by atoms with van der Waals surface area (Å²) < 4.78 is 5.19.